The van der Waals surface area contributed by atoms with E-state index in [0.29, 0.717) is 24.6 Å². The normalized spacial score (nSPS) is 10.2. The minimum Gasteiger partial charge on any atom is -1.00 e. The number of anilines is 1. The Labute approximate surface area is 168 Å². The molecule has 0 saturated heterocycles. The molecule has 0 unspecified atom stereocenters. The van der Waals surface area contributed by atoms with E-state index < -0.39 is 5.97 Å². The summed E-state index contributed by atoms with van der Waals surface area (Å²) < 4.78 is 7.29. The molecule has 5 N–H and O–H groups in total. The number of thiazole rings is 1. The summed E-state index contributed by atoms with van der Waals surface area (Å²) in [5.41, 5.74) is 15.2. The first-order chi connectivity index (χ1) is 12.3. The van der Waals surface area contributed by atoms with Gasteiger partial charge in [0, 0.05) is 26.6 Å². The maximum Gasteiger partial charge on any atom is 0.325 e. The van der Waals surface area contributed by atoms with Gasteiger partial charge in [-0.25, -0.2) is 9.97 Å². The molecule has 0 saturated carbocycles. The smallest absolute Gasteiger partial charge is 0.325 e. The van der Waals surface area contributed by atoms with Crippen LogP contribution >= 0.6 is 11.3 Å². The van der Waals surface area contributed by atoms with Gasteiger partial charge in [0.1, 0.15) is 18.2 Å². The molecule has 0 atom stereocenters. The van der Waals surface area contributed by atoms with E-state index in [1.165, 1.54) is 4.90 Å². The first-order valence-electron chi connectivity index (χ1n) is 8.03. The van der Waals surface area contributed by atoms with Crippen LogP contribution in [-0.2, 0) is 22.5 Å². The van der Waals surface area contributed by atoms with Gasteiger partial charge in [0.15, 0.2) is 18.2 Å². The van der Waals surface area contributed by atoms with Crippen LogP contribution in [0.5, 0.6) is 0 Å². The van der Waals surface area contributed by atoms with Gasteiger partial charge in [0.25, 0.3) is 0 Å². The molecule has 0 spiro atoms. The number of carbonyl (C=O) groups is 1. The molecule has 0 aliphatic heterocycles. The van der Waals surface area contributed by atoms with Crippen molar-refractivity contribution in [2.45, 2.75) is 26.8 Å². The summed E-state index contributed by atoms with van der Waals surface area (Å²) in [5.74, 6) is 0.558. The van der Waals surface area contributed by atoms with Crippen LogP contribution < -0.4 is 28.4 Å². The average Bonchev–Trinajstić information content (AvgIpc) is 2.90. The summed E-state index contributed by atoms with van der Waals surface area (Å²) in [4.78, 5) is 22.5. The van der Waals surface area contributed by atoms with Crippen LogP contribution in [0.1, 0.15) is 22.0 Å². The fourth-order valence-electron chi connectivity index (χ4n) is 2.25. The third-order valence-corrected chi connectivity index (χ3v) is 5.03. The standard InChI is InChI=1S/C16H24N7O2S.ClH/c1-10-13(4-5-25-14(24)8-22(3)16(18)19)26-9-23(10)7-12-6-20-11(2)21-15(12)17;/h6,9H,4-5,7-8H2,1-3H3,(H3,18,19)(H2,17,20,21);1H/q+1;/p-1. The highest BCUT2D eigenvalue weighted by molar-refractivity contribution is 7.09. The summed E-state index contributed by atoms with van der Waals surface area (Å²) in [6.45, 7) is 4.66. The number of rotatable bonds is 7. The van der Waals surface area contributed by atoms with Crippen molar-refractivity contribution in [2.24, 2.45) is 5.73 Å². The van der Waals surface area contributed by atoms with Gasteiger partial charge in [0.2, 0.25) is 5.51 Å². The van der Waals surface area contributed by atoms with E-state index >= 15 is 0 Å². The Bertz CT molecular complexity index is 812. The van der Waals surface area contributed by atoms with Gasteiger partial charge < -0.3 is 33.5 Å². The van der Waals surface area contributed by atoms with E-state index in [1.54, 1.807) is 31.5 Å². The zero-order chi connectivity index (χ0) is 19.3. The van der Waals surface area contributed by atoms with Crippen molar-refractivity contribution in [2.75, 3.05) is 25.9 Å². The van der Waals surface area contributed by atoms with Crippen molar-refractivity contribution >= 4 is 29.1 Å². The molecule has 27 heavy (non-hydrogen) atoms. The Morgan fingerprint density at radius 3 is 2.78 bits per heavy atom. The van der Waals surface area contributed by atoms with Crippen molar-refractivity contribution in [3.63, 3.8) is 0 Å². The van der Waals surface area contributed by atoms with Gasteiger partial charge in [0.05, 0.1) is 17.0 Å². The molecule has 2 aromatic rings. The Kier molecular flexibility index (Phi) is 8.38. The Balaban J connectivity index is 0.00000364. The van der Waals surface area contributed by atoms with E-state index in [-0.39, 0.29) is 31.5 Å². The van der Waals surface area contributed by atoms with Crippen molar-refractivity contribution in [3.05, 3.63) is 33.7 Å². The number of halogens is 1. The third-order valence-electron chi connectivity index (χ3n) is 3.89. The zero-order valence-corrected chi connectivity index (χ0v) is 17.1. The lowest BCUT2D eigenvalue weighted by molar-refractivity contribution is -0.689. The minimum absolute atomic E-state index is 0. The lowest BCUT2D eigenvalue weighted by atomic mass is 10.2. The summed E-state index contributed by atoms with van der Waals surface area (Å²) in [7, 11) is 1.57. The molecule has 0 bridgehead atoms. The molecule has 2 heterocycles. The zero-order valence-electron chi connectivity index (χ0n) is 15.5. The minimum atomic E-state index is -0.408. The number of likely N-dealkylation sites (N-methyl/N-ethyl adjacent to an activating group) is 1. The second-order valence-electron chi connectivity index (χ2n) is 5.90. The highest BCUT2D eigenvalue weighted by Crippen LogP contribution is 2.14. The average molecular weight is 414 g/mol. The van der Waals surface area contributed by atoms with Crippen molar-refractivity contribution < 1.29 is 26.5 Å². The topological polar surface area (TPSA) is 135 Å². The maximum absolute atomic E-state index is 11.7. The van der Waals surface area contributed by atoms with Crippen LogP contribution in [0.15, 0.2) is 11.7 Å². The summed E-state index contributed by atoms with van der Waals surface area (Å²) in [5, 5.41) is 7.23. The van der Waals surface area contributed by atoms with Gasteiger partial charge >= 0.3 is 5.97 Å². The SMILES string of the molecule is Cc1ncc(C[n+]2csc(CCOC(=O)CN(C)C(=N)N)c2C)c(N)n1.[Cl-]. The molecular weight excluding hydrogens is 390 g/mol. The van der Waals surface area contributed by atoms with E-state index in [9.17, 15) is 4.79 Å². The van der Waals surface area contributed by atoms with Crippen LogP contribution in [0.3, 0.4) is 0 Å². The number of nitrogens with two attached hydrogens (primary N) is 2. The summed E-state index contributed by atoms with van der Waals surface area (Å²) in [6, 6.07) is 0. The monoisotopic (exact) mass is 413 g/mol. The number of carbonyl (C=O) groups excluding carboxylic acids is 1. The second-order valence-corrected chi connectivity index (χ2v) is 6.84. The van der Waals surface area contributed by atoms with Gasteiger partial charge in [-0.15, -0.1) is 0 Å². The number of nitrogens with zero attached hydrogens (tertiary/aromatic N) is 4. The molecule has 0 aliphatic rings. The molecule has 9 nitrogen and oxygen atoms in total. The van der Waals surface area contributed by atoms with Gasteiger partial charge in [-0.1, -0.05) is 11.3 Å². The fraction of sp³-hybridized carbons (Fsp3) is 0.438. The highest BCUT2D eigenvalue weighted by Gasteiger charge is 2.18. The van der Waals surface area contributed by atoms with E-state index in [2.05, 4.69) is 14.5 Å². The maximum atomic E-state index is 11.7. The number of aromatic nitrogens is 3. The molecule has 0 aromatic carbocycles. The second kappa shape index (κ2) is 10.0. The number of guanidine groups is 1. The van der Waals surface area contributed by atoms with E-state index in [1.807, 2.05) is 12.4 Å². The first-order valence-corrected chi connectivity index (χ1v) is 8.91. The van der Waals surface area contributed by atoms with Crippen molar-refractivity contribution in [3.8, 4) is 0 Å². The lowest BCUT2D eigenvalue weighted by Gasteiger charge is -2.15. The van der Waals surface area contributed by atoms with Gasteiger partial charge in [-0.2, -0.15) is 4.57 Å². The van der Waals surface area contributed by atoms with Crippen LogP contribution in [-0.4, -0.2) is 47.0 Å². The van der Waals surface area contributed by atoms with Crippen LogP contribution in [0.2, 0.25) is 0 Å². The molecule has 2 aromatic heterocycles. The Morgan fingerprint density at radius 1 is 1.44 bits per heavy atom. The van der Waals surface area contributed by atoms with Crippen LogP contribution in [0.25, 0.3) is 0 Å². The number of aryl methyl sites for hydroxylation is 1. The molecule has 0 fully saturated rings. The predicted molar refractivity (Wildman–Crippen MR) is 98.7 cm³/mol. The number of esters is 1. The van der Waals surface area contributed by atoms with Crippen LogP contribution in [0, 0.1) is 19.3 Å². The molecule has 0 amide bonds. The fourth-order valence-corrected chi connectivity index (χ4v) is 3.22. The number of nitrogen functional groups attached to an aromatic ring is 1. The van der Waals surface area contributed by atoms with Gasteiger partial charge in [-0.05, 0) is 6.92 Å². The van der Waals surface area contributed by atoms with Gasteiger partial charge in [-0.3, -0.25) is 10.2 Å². The number of hydrogen-bond donors (Lipinski definition) is 3. The van der Waals surface area contributed by atoms with E-state index in [0.717, 1.165) is 16.1 Å². The number of nitrogens with one attached hydrogen (secondary N) is 1. The first kappa shape index (κ1) is 22.6. The molecule has 2 rings (SSSR count). The molecule has 0 radical (unpaired) electrons. The number of hydrogen-bond acceptors (Lipinski definition) is 7. The van der Waals surface area contributed by atoms with Crippen molar-refractivity contribution in [1.82, 2.24) is 14.9 Å². The Hall–Kier alpha value is -2.46. The Morgan fingerprint density at radius 2 is 2.15 bits per heavy atom. The molecular formula is C16H24ClN7O2S. The largest absolute Gasteiger partial charge is 1.00 e. The summed E-state index contributed by atoms with van der Waals surface area (Å²) >= 11 is 1.60. The molecule has 0 aliphatic carbocycles. The summed E-state index contributed by atoms with van der Waals surface area (Å²) in [6.07, 6.45) is 2.37. The lowest BCUT2D eigenvalue weighted by Crippen LogP contribution is -3.00. The molecule has 11 heteroatoms. The van der Waals surface area contributed by atoms with Crippen LogP contribution in [0.4, 0.5) is 5.82 Å². The third kappa shape index (κ3) is 6.33. The van der Waals surface area contributed by atoms with Crippen molar-refractivity contribution in [1.29, 1.82) is 5.41 Å². The van der Waals surface area contributed by atoms with E-state index in [4.69, 9.17) is 21.6 Å². The predicted octanol–water partition coefficient (Wildman–Crippen LogP) is -3.01. The highest BCUT2D eigenvalue weighted by atomic mass is 35.5. The number of ether oxygens (including phenoxy) is 1. The quantitative estimate of drug-likeness (QED) is 0.190. The molecule has 148 valence electrons.